The molecule has 0 saturated heterocycles. The lowest BCUT2D eigenvalue weighted by Gasteiger charge is -2.13. The Hall–Kier alpha value is -1.81. The molecular formula is C13H18N4. The highest BCUT2D eigenvalue weighted by atomic mass is 15.1. The minimum Gasteiger partial charge on any atom is -0.318 e. The van der Waals surface area contributed by atoms with Gasteiger partial charge in [-0.1, -0.05) is 32.6 Å². The molecule has 0 aliphatic rings. The van der Waals surface area contributed by atoms with Gasteiger partial charge in [-0.05, 0) is 13.3 Å². The second-order valence-corrected chi connectivity index (χ2v) is 4.27. The van der Waals surface area contributed by atoms with Gasteiger partial charge in [0.1, 0.15) is 12.1 Å². The highest BCUT2D eigenvalue weighted by Gasteiger charge is 2.14. The molecule has 0 bridgehead atoms. The molecular weight excluding hydrogens is 212 g/mol. The van der Waals surface area contributed by atoms with Crippen molar-refractivity contribution in [2.75, 3.05) is 0 Å². The maximum atomic E-state index is 9.02. The van der Waals surface area contributed by atoms with Crippen LogP contribution in [0.1, 0.15) is 63.4 Å². The molecule has 17 heavy (non-hydrogen) atoms. The summed E-state index contributed by atoms with van der Waals surface area (Å²) >= 11 is 0. The molecule has 4 heteroatoms. The Kier molecular flexibility index (Phi) is 5.23. The average Bonchev–Trinajstić information content (AvgIpc) is 2.77. The molecule has 1 atom stereocenters. The SMILES string of the molecule is CCCCCC[C@H](C)n1cnc(C#N)c1C#N. The minimum atomic E-state index is 0.230. The minimum absolute atomic E-state index is 0.230. The summed E-state index contributed by atoms with van der Waals surface area (Å²) in [6.45, 7) is 4.25. The normalized spacial score (nSPS) is 11.8. The molecule has 90 valence electrons. The Morgan fingerprint density at radius 2 is 2.06 bits per heavy atom. The largest absolute Gasteiger partial charge is 0.318 e. The standard InChI is InChI=1S/C13H18N4/c1-3-4-5-6-7-11(2)17-10-16-12(8-14)13(17)9-15/h10-11H,3-7H2,1-2H3/t11-/m0/s1. The van der Waals surface area contributed by atoms with Crippen LogP contribution < -0.4 is 0 Å². The number of aromatic nitrogens is 2. The first-order valence-electron chi connectivity index (χ1n) is 6.11. The highest BCUT2D eigenvalue weighted by molar-refractivity contribution is 5.36. The number of unbranched alkanes of at least 4 members (excludes halogenated alkanes) is 3. The van der Waals surface area contributed by atoms with Gasteiger partial charge >= 0.3 is 0 Å². The van der Waals surface area contributed by atoms with Crippen LogP contribution >= 0.6 is 0 Å². The Morgan fingerprint density at radius 1 is 1.29 bits per heavy atom. The third-order valence-corrected chi connectivity index (χ3v) is 2.96. The van der Waals surface area contributed by atoms with Crippen molar-refractivity contribution >= 4 is 0 Å². The Balaban J connectivity index is 2.64. The van der Waals surface area contributed by atoms with E-state index in [4.69, 9.17) is 10.5 Å². The zero-order chi connectivity index (χ0) is 12.7. The summed E-state index contributed by atoms with van der Waals surface area (Å²) in [4.78, 5) is 3.95. The van der Waals surface area contributed by atoms with E-state index in [0.717, 1.165) is 12.8 Å². The third-order valence-electron chi connectivity index (χ3n) is 2.96. The van der Waals surface area contributed by atoms with Crippen molar-refractivity contribution in [3.8, 4) is 12.1 Å². The van der Waals surface area contributed by atoms with Gasteiger partial charge in [-0.2, -0.15) is 10.5 Å². The van der Waals surface area contributed by atoms with Crippen LogP contribution in [-0.4, -0.2) is 9.55 Å². The molecule has 0 amide bonds. The topological polar surface area (TPSA) is 65.4 Å². The molecule has 0 N–H and O–H groups in total. The van der Waals surface area contributed by atoms with Crippen LogP contribution in [0, 0.1) is 22.7 Å². The van der Waals surface area contributed by atoms with Crippen LogP contribution in [0.4, 0.5) is 0 Å². The molecule has 4 nitrogen and oxygen atoms in total. The van der Waals surface area contributed by atoms with Gasteiger partial charge < -0.3 is 4.57 Å². The summed E-state index contributed by atoms with van der Waals surface area (Å²) in [5.74, 6) is 0. The van der Waals surface area contributed by atoms with Crippen LogP contribution in [-0.2, 0) is 0 Å². The first-order valence-corrected chi connectivity index (χ1v) is 6.11. The van der Waals surface area contributed by atoms with Crippen molar-refractivity contribution in [3.63, 3.8) is 0 Å². The van der Waals surface area contributed by atoms with Gasteiger partial charge in [0, 0.05) is 6.04 Å². The third kappa shape index (κ3) is 3.32. The van der Waals surface area contributed by atoms with E-state index in [9.17, 15) is 0 Å². The summed E-state index contributed by atoms with van der Waals surface area (Å²) in [6.07, 6.45) is 7.48. The Labute approximate surface area is 103 Å². The molecule has 0 aromatic carbocycles. The van der Waals surface area contributed by atoms with Crippen molar-refractivity contribution in [1.82, 2.24) is 9.55 Å². The number of imidazole rings is 1. The number of rotatable bonds is 6. The molecule has 0 fully saturated rings. The van der Waals surface area contributed by atoms with E-state index < -0.39 is 0 Å². The number of nitrogens with zero attached hydrogens (tertiary/aromatic N) is 4. The summed E-state index contributed by atoms with van der Waals surface area (Å²) in [7, 11) is 0. The lowest BCUT2D eigenvalue weighted by molar-refractivity contribution is 0.469. The zero-order valence-corrected chi connectivity index (χ0v) is 10.5. The van der Waals surface area contributed by atoms with Crippen molar-refractivity contribution in [3.05, 3.63) is 17.7 Å². The molecule has 0 aliphatic heterocycles. The molecule has 1 aromatic heterocycles. The van der Waals surface area contributed by atoms with Crippen LogP contribution in [0.3, 0.4) is 0 Å². The van der Waals surface area contributed by atoms with E-state index in [-0.39, 0.29) is 11.7 Å². The quantitative estimate of drug-likeness (QED) is 0.705. The van der Waals surface area contributed by atoms with Crippen molar-refractivity contribution in [2.24, 2.45) is 0 Å². The second-order valence-electron chi connectivity index (χ2n) is 4.27. The van der Waals surface area contributed by atoms with Crippen LogP contribution in [0.5, 0.6) is 0 Å². The van der Waals surface area contributed by atoms with Crippen LogP contribution in [0.15, 0.2) is 6.33 Å². The fourth-order valence-corrected chi connectivity index (χ4v) is 1.89. The molecule has 1 heterocycles. The van der Waals surface area contributed by atoms with Gasteiger partial charge in [0.05, 0.1) is 6.33 Å². The van der Waals surface area contributed by atoms with E-state index in [1.807, 2.05) is 10.6 Å². The summed E-state index contributed by atoms with van der Waals surface area (Å²) < 4.78 is 1.81. The summed E-state index contributed by atoms with van der Waals surface area (Å²) in [6, 6.07) is 4.23. The number of nitriles is 2. The van der Waals surface area contributed by atoms with E-state index in [0.29, 0.717) is 5.69 Å². The smallest absolute Gasteiger partial charge is 0.176 e. The molecule has 0 radical (unpaired) electrons. The van der Waals surface area contributed by atoms with Gasteiger partial charge in [0.25, 0.3) is 0 Å². The maximum absolute atomic E-state index is 9.02. The first kappa shape index (κ1) is 13.3. The molecule has 1 rings (SSSR count). The number of hydrogen-bond donors (Lipinski definition) is 0. The highest BCUT2D eigenvalue weighted by Crippen LogP contribution is 2.19. The van der Waals surface area contributed by atoms with Gasteiger partial charge in [-0.3, -0.25) is 0 Å². The fraction of sp³-hybridized carbons (Fsp3) is 0.615. The van der Waals surface area contributed by atoms with Gasteiger partial charge in [0.2, 0.25) is 0 Å². The lowest BCUT2D eigenvalue weighted by Crippen LogP contribution is -2.06. The van der Waals surface area contributed by atoms with Gasteiger partial charge in [-0.25, -0.2) is 4.98 Å². The van der Waals surface area contributed by atoms with Crippen molar-refractivity contribution in [2.45, 2.75) is 52.0 Å². The predicted molar refractivity (Wildman–Crippen MR) is 65.1 cm³/mol. The van der Waals surface area contributed by atoms with Gasteiger partial charge in [0.15, 0.2) is 11.4 Å². The van der Waals surface area contributed by atoms with Crippen LogP contribution in [0.2, 0.25) is 0 Å². The Bertz CT molecular complexity index is 433. The zero-order valence-electron chi connectivity index (χ0n) is 10.5. The predicted octanol–water partition coefficient (Wildman–Crippen LogP) is 3.16. The molecule has 0 unspecified atom stereocenters. The summed E-state index contributed by atoms with van der Waals surface area (Å²) in [5.41, 5.74) is 0.614. The van der Waals surface area contributed by atoms with E-state index in [1.54, 1.807) is 6.33 Å². The Morgan fingerprint density at radius 3 is 2.65 bits per heavy atom. The molecule has 0 saturated carbocycles. The lowest BCUT2D eigenvalue weighted by atomic mass is 10.1. The van der Waals surface area contributed by atoms with E-state index in [2.05, 4.69) is 24.9 Å². The molecule has 1 aromatic rings. The van der Waals surface area contributed by atoms with Crippen LogP contribution in [0.25, 0.3) is 0 Å². The number of hydrogen-bond acceptors (Lipinski definition) is 3. The fourth-order valence-electron chi connectivity index (χ4n) is 1.89. The molecule has 0 aliphatic carbocycles. The van der Waals surface area contributed by atoms with E-state index >= 15 is 0 Å². The monoisotopic (exact) mass is 230 g/mol. The molecule has 0 spiro atoms. The maximum Gasteiger partial charge on any atom is 0.176 e. The second kappa shape index (κ2) is 6.70. The van der Waals surface area contributed by atoms with Gasteiger partial charge in [-0.15, -0.1) is 0 Å². The van der Waals surface area contributed by atoms with Crippen molar-refractivity contribution in [1.29, 1.82) is 10.5 Å². The average molecular weight is 230 g/mol. The summed E-state index contributed by atoms with van der Waals surface area (Å²) in [5, 5.41) is 17.8. The van der Waals surface area contributed by atoms with Crippen molar-refractivity contribution < 1.29 is 0 Å². The first-order chi connectivity index (χ1) is 8.24. The van der Waals surface area contributed by atoms with E-state index in [1.165, 1.54) is 19.3 Å².